The van der Waals surface area contributed by atoms with E-state index in [-0.39, 0.29) is 5.91 Å². The maximum Gasteiger partial charge on any atom is 0.341 e. The lowest BCUT2D eigenvalue weighted by Crippen LogP contribution is -2.29. The lowest BCUT2D eigenvalue weighted by Gasteiger charge is -2.27. The minimum Gasteiger partial charge on any atom is -0.496 e. The van der Waals surface area contributed by atoms with Gasteiger partial charge in [0.25, 0.3) is 5.91 Å². The highest BCUT2D eigenvalue weighted by Gasteiger charge is 2.30. The Kier molecular flexibility index (Phi) is 6.53. The molecule has 4 aromatic rings. The highest BCUT2D eigenvalue weighted by molar-refractivity contribution is 7.17. The van der Waals surface area contributed by atoms with Crippen molar-refractivity contribution in [2.24, 2.45) is 0 Å². The van der Waals surface area contributed by atoms with E-state index in [1.54, 1.807) is 7.11 Å². The molecule has 1 aliphatic rings. The zero-order valence-electron chi connectivity index (χ0n) is 19.7. The molecule has 35 heavy (non-hydrogen) atoms. The van der Waals surface area contributed by atoms with Gasteiger partial charge in [0.15, 0.2) is 0 Å². The summed E-state index contributed by atoms with van der Waals surface area (Å²) in [5.74, 6) is -0.270. The van der Waals surface area contributed by atoms with E-state index >= 15 is 0 Å². The molecule has 0 bridgehead atoms. The predicted octanol–water partition coefficient (Wildman–Crippen LogP) is 5.51. The number of nitrogens with zero attached hydrogens (tertiary/aromatic N) is 1. The molecule has 0 unspecified atom stereocenters. The van der Waals surface area contributed by atoms with Crippen molar-refractivity contribution in [3.63, 3.8) is 0 Å². The molecule has 0 saturated carbocycles. The molecule has 0 atom stereocenters. The van der Waals surface area contributed by atoms with Gasteiger partial charge in [-0.25, -0.2) is 4.79 Å². The summed E-state index contributed by atoms with van der Waals surface area (Å²) in [6.45, 7) is 2.38. The second-order valence-corrected chi connectivity index (χ2v) is 9.60. The fraction of sp³-hybridized carbons (Fsp3) is 0.214. The third kappa shape index (κ3) is 4.65. The van der Waals surface area contributed by atoms with Crippen LogP contribution in [0.4, 0.5) is 5.00 Å². The summed E-state index contributed by atoms with van der Waals surface area (Å²) < 4.78 is 10.6. The average molecular weight is 487 g/mol. The number of carbonyl (C=O) groups is 2. The van der Waals surface area contributed by atoms with Crippen LogP contribution in [0.5, 0.6) is 5.75 Å². The van der Waals surface area contributed by atoms with E-state index in [9.17, 15) is 9.59 Å². The van der Waals surface area contributed by atoms with Crippen LogP contribution in [0.15, 0.2) is 66.7 Å². The number of carbonyl (C=O) groups excluding carboxylic acids is 2. The van der Waals surface area contributed by atoms with Crippen molar-refractivity contribution in [2.45, 2.75) is 19.5 Å². The van der Waals surface area contributed by atoms with Gasteiger partial charge in [-0.05, 0) is 40.5 Å². The molecule has 1 aliphatic heterocycles. The van der Waals surface area contributed by atoms with Gasteiger partial charge in [-0.3, -0.25) is 9.69 Å². The SMILES string of the molecule is COC(=O)c1c(NC(=O)c2cc3ccccc3cc2OC)sc2c1CCN(Cc1ccccc1)C2. The summed E-state index contributed by atoms with van der Waals surface area (Å²) in [4.78, 5) is 29.6. The van der Waals surface area contributed by atoms with Gasteiger partial charge in [-0.1, -0.05) is 54.6 Å². The number of nitrogens with one attached hydrogen (secondary N) is 1. The molecule has 3 aromatic carbocycles. The number of rotatable bonds is 6. The van der Waals surface area contributed by atoms with E-state index in [4.69, 9.17) is 9.47 Å². The molecule has 0 radical (unpaired) electrons. The van der Waals surface area contributed by atoms with Gasteiger partial charge in [0.2, 0.25) is 0 Å². The second kappa shape index (κ2) is 9.90. The van der Waals surface area contributed by atoms with E-state index in [0.29, 0.717) is 28.4 Å². The zero-order chi connectivity index (χ0) is 24.4. The van der Waals surface area contributed by atoms with Crippen LogP contribution in [0.1, 0.15) is 36.7 Å². The lowest BCUT2D eigenvalue weighted by molar-refractivity contribution is 0.0600. The topological polar surface area (TPSA) is 67.9 Å². The summed E-state index contributed by atoms with van der Waals surface area (Å²) in [5.41, 5.74) is 3.09. The Hall–Kier alpha value is -3.68. The summed E-state index contributed by atoms with van der Waals surface area (Å²) >= 11 is 1.44. The molecular weight excluding hydrogens is 460 g/mol. The number of hydrogen-bond donors (Lipinski definition) is 1. The molecule has 1 amide bonds. The molecule has 178 valence electrons. The Labute approximate surface area is 208 Å². The van der Waals surface area contributed by atoms with Gasteiger partial charge < -0.3 is 14.8 Å². The summed E-state index contributed by atoms with van der Waals surface area (Å²) in [6.07, 6.45) is 0.721. The standard InChI is InChI=1S/C28H26N2O4S/c1-33-23-15-20-11-7-6-10-19(20)14-22(23)26(31)29-27-25(28(32)34-2)21-12-13-30(17-24(21)35-27)16-18-8-4-3-5-9-18/h3-11,14-15H,12-13,16-17H2,1-2H3,(H,29,31). The van der Waals surface area contributed by atoms with Crippen LogP contribution >= 0.6 is 11.3 Å². The smallest absolute Gasteiger partial charge is 0.341 e. The average Bonchev–Trinajstić information content (AvgIpc) is 3.24. The fourth-order valence-electron chi connectivity index (χ4n) is 4.58. The summed E-state index contributed by atoms with van der Waals surface area (Å²) in [5, 5.41) is 5.43. The van der Waals surface area contributed by atoms with Crippen LogP contribution in [0, 0.1) is 0 Å². The molecule has 0 fully saturated rings. The molecule has 1 N–H and O–H groups in total. The first-order chi connectivity index (χ1) is 17.1. The number of anilines is 1. The molecule has 5 rings (SSSR count). The largest absolute Gasteiger partial charge is 0.496 e. The molecule has 2 heterocycles. The van der Waals surface area contributed by atoms with Crippen LogP contribution in [0.25, 0.3) is 10.8 Å². The minimum atomic E-state index is -0.431. The minimum absolute atomic E-state index is 0.322. The highest BCUT2D eigenvalue weighted by atomic mass is 32.1. The number of ether oxygens (including phenoxy) is 2. The van der Waals surface area contributed by atoms with Gasteiger partial charge in [0, 0.05) is 24.5 Å². The number of thiophene rings is 1. The van der Waals surface area contributed by atoms with E-state index in [1.165, 1.54) is 24.0 Å². The van der Waals surface area contributed by atoms with E-state index < -0.39 is 5.97 Å². The third-order valence-electron chi connectivity index (χ3n) is 6.31. The van der Waals surface area contributed by atoms with Crippen LogP contribution in [-0.4, -0.2) is 37.5 Å². The fourth-order valence-corrected chi connectivity index (χ4v) is 5.85. The number of benzene rings is 3. The van der Waals surface area contributed by atoms with Gasteiger partial charge in [-0.15, -0.1) is 11.3 Å². The van der Waals surface area contributed by atoms with Crippen molar-refractivity contribution in [1.29, 1.82) is 0 Å². The van der Waals surface area contributed by atoms with Gasteiger partial charge >= 0.3 is 5.97 Å². The van der Waals surface area contributed by atoms with Gasteiger partial charge in [0.05, 0.1) is 25.3 Å². The Morgan fingerprint density at radius 2 is 1.71 bits per heavy atom. The Balaban J connectivity index is 1.45. The zero-order valence-corrected chi connectivity index (χ0v) is 20.5. The van der Waals surface area contributed by atoms with E-state index in [1.807, 2.05) is 54.6 Å². The van der Waals surface area contributed by atoms with Crippen LogP contribution in [0.2, 0.25) is 0 Å². The van der Waals surface area contributed by atoms with E-state index in [2.05, 4.69) is 22.3 Å². The van der Waals surface area contributed by atoms with E-state index in [0.717, 1.165) is 40.7 Å². The van der Waals surface area contributed by atoms with Crippen molar-refractivity contribution in [1.82, 2.24) is 4.90 Å². The first-order valence-electron chi connectivity index (χ1n) is 11.4. The number of methoxy groups -OCH3 is 2. The normalized spacial score (nSPS) is 13.3. The molecule has 6 nitrogen and oxygen atoms in total. The maximum absolute atomic E-state index is 13.4. The molecule has 0 aliphatic carbocycles. The van der Waals surface area contributed by atoms with Crippen LogP contribution in [-0.2, 0) is 24.2 Å². The molecular formula is C28H26N2O4S. The first-order valence-corrected chi connectivity index (χ1v) is 12.3. The van der Waals surface area contributed by atoms with Crippen molar-refractivity contribution in [3.05, 3.63) is 93.9 Å². The Morgan fingerprint density at radius 3 is 2.43 bits per heavy atom. The van der Waals surface area contributed by atoms with Crippen LogP contribution < -0.4 is 10.1 Å². The molecule has 1 aromatic heterocycles. The first kappa shape index (κ1) is 23.1. The lowest BCUT2D eigenvalue weighted by atomic mass is 10.0. The third-order valence-corrected chi connectivity index (χ3v) is 7.45. The van der Waals surface area contributed by atoms with Gasteiger partial charge in [0.1, 0.15) is 10.8 Å². The number of hydrogen-bond acceptors (Lipinski definition) is 6. The summed E-state index contributed by atoms with van der Waals surface area (Å²) in [7, 11) is 2.92. The van der Waals surface area contributed by atoms with Crippen LogP contribution in [0.3, 0.4) is 0 Å². The Morgan fingerprint density at radius 1 is 1.00 bits per heavy atom. The number of amides is 1. The summed E-state index contributed by atoms with van der Waals surface area (Å²) in [6, 6.07) is 21.8. The molecule has 0 saturated heterocycles. The highest BCUT2D eigenvalue weighted by Crippen LogP contribution is 2.38. The maximum atomic E-state index is 13.4. The van der Waals surface area contributed by atoms with Gasteiger partial charge in [-0.2, -0.15) is 0 Å². The quantitative estimate of drug-likeness (QED) is 0.364. The van der Waals surface area contributed by atoms with Crippen molar-refractivity contribution < 1.29 is 19.1 Å². The number of fused-ring (bicyclic) bond motifs is 2. The van der Waals surface area contributed by atoms with Crippen molar-refractivity contribution in [3.8, 4) is 5.75 Å². The van der Waals surface area contributed by atoms with Crippen molar-refractivity contribution >= 4 is 39.0 Å². The molecule has 7 heteroatoms. The Bertz CT molecular complexity index is 1400. The van der Waals surface area contributed by atoms with Crippen molar-refractivity contribution in [2.75, 3.05) is 26.1 Å². The number of esters is 1. The second-order valence-electron chi connectivity index (χ2n) is 8.50. The molecule has 0 spiro atoms. The predicted molar refractivity (Wildman–Crippen MR) is 138 cm³/mol. The monoisotopic (exact) mass is 486 g/mol.